The smallest absolute Gasteiger partial charge is 0.289 e. The van der Waals surface area contributed by atoms with Crippen LogP contribution < -0.4 is 10.2 Å². The van der Waals surface area contributed by atoms with E-state index in [9.17, 15) is 9.90 Å². The molecule has 4 aromatic rings. The van der Waals surface area contributed by atoms with E-state index >= 15 is 0 Å². The largest absolute Gasteiger partial charge is 0.508 e. The van der Waals surface area contributed by atoms with E-state index in [0.29, 0.717) is 17.0 Å². The molecule has 29 heavy (non-hydrogen) atoms. The summed E-state index contributed by atoms with van der Waals surface area (Å²) in [6.07, 6.45) is 1.45. The number of phenolic OH excluding ortho intramolecular Hbond substituents is 1. The van der Waals surface area contributed by atoms with E-state index in [4.69, 9.17) is 4.74 Å². The number of H-pyrrole nitrogens is 1. The van der Waals surface area contributed by atoms with E-state index in [0.717, 1.165) is 16.3 Å². The fourth-order valence-corrected chi connectivity index (χ4v) is 3.08. The summed E-state index contributed by atoms with van der Waals surface area (Å²) in [5, 5.41) is 22.4. The van der Waals surface area contributed by atoms with Gasteiger partial charge in [0.2, 0.25) is 0 Å². The standard InChI is InChI=1S/C22H18N4O3/c1-29-20-10-9-15-6-2-3-8-17(15)21(20)18-12-19(25-24-18)22(28)26-23-13-14-5-4-7-16(27)11-14/h2-13,27H,1H3,(H,24,25)(H,26,28). The number of aromatic amines is 1. The highest BCUT2D eigenvalue weighted by Gasteiger charge is 2.16. The minimum absolute atomic E-state index is 0.127. The number of rotatable bonds is 5. The monoisotopic (exact) mass is 386 g/mol. The van der Waals surface area contributed by atoms with Crippen molar-refractivity contribution < 1.29 is 14.6 Å². The first-order chi connectivity index (χ1) is 14.2. The van der Waals surface area contributed by atoms with Crippen LogP contribution >= 0.6 is 0 Å². The van der Waals surface area contributed by atoms with Crippen LogP contribution in [-0.2, 0) is 0 Å². The summed E-state index contributed by atoms with van der Waals surface area (Å²) in [5.74, 6) is 0.367. The Kier molecular flexibility index (Phi) is 4.94. The second kappa shape index (κ2) is 7.85. The molecule has 0 aliphatic carbocycles. The highest BCUT2D eigenvalue weighted by atomic mass is 16.5. The molecule has 1 aromatic heterocycles. The number of aromatic hydroxyl groups is 1. The van der Waals surface area contributed by atoms with E-state index in [2.05, 4.69) is 20.7 Å². The summed E-state index contributed by atoms with van der Waals surface area (Å²) >= 11 is 0. The van der Waals surface area contributed by atoms with Crippen LogP contribution in [0.1, 0.15) is 16.1 Å². The predicted molar refractivity (Wildman–Crippen MR) is 111 cm³/mol. The quantitative estimate of drug-likeness (QED) is 0.360. The van der Waals surface area contributed by atoms with Gasteiger partial charge in [0.1, 0.15) is 17.2 Å². The number of methoxy groups -OCH3 is 1. The van der Waals surface area contributed by atoms with Gasteiger partial charge in [-0.3, -0.25) is 9.89 Å². The fourth-order valence-electron chi connectivity index (χ4n) is 3.08. The van der Waals surface area contributed by atoms with E-state index in [-0.39, 0.29) is 11.4 Å². The van der Waals surface area contributed by atoms with Crippen LogP contribution in [0.15, 0.2) is 71.8 Å². The van der Waals surface area contributed by atoms with Gasteiger partial charge in [-0.15, -0.1) is 0 Å². The number of carbonyl (C=O) groups is 1. The average Bonchev–Trinajstić information content (AvgIpc) is 3.23. The molecule has 1 heterocycles. The molecule has 7 heteroatoms. The molecule has 0 fully saturated rings. The maximum Gasteiger partial charge on any atom is 0.289 e. The van der Waals surface area contributed by atoms with Crippen LogP contribution in [0.25, 0.3) is 22.0 Å². The molecule has 0 aliphatic rings. The zero-order valence-corrected chi connectivity index (χ0v) is 15.6. The molecule has 0 saturated carbocycles. The maximum absolute atomic E-state index is 12.4. The molecule has 0 radical (unpaired) electrons. The third-order valence-electron chi connectivity index (χ3n) is 4.44. The third kappa shape index (κ3) is 3.79. The first-order valence-corrected chi connectivity index (χ1v) is 8.89. The predicted octanol–water partition coefficient (Wildman–Crippen LogP) is 3.71. The Labute approximate surface area is 166 Å². The molecule has 0 bridgehead atoms. The van der Waals surface area contributed by atoms with Crippen molar-refractivity contribution in [2.75, 3.05) is 7.11 Å². The normalized spacial score (nSPS) is 11.1. The average molecular weight is 386 g/mol. The molecular weight excluding hydrogens is 368 g/mol. The lowest BCUT2D eigenvalue weighted by atomic mass is 10.0. The number of fused-ring (bicyclic) bond motifs is 1. The molecule has 0 spiro atoms. The highest BCUT2D eigenvalue weighted by molar-refractivity contribution is 6.00. The molecule has 0 saturated heterocycles. The molecule has 0 atom stereocenters. The molecule has 144 valence electrons. The molecule has 0 unspecified atom stereocenters. The summed E-state index contributed by atoms with van der Waals surface area (Å²) in [6, 6.07) is 20.0. The van der Waals surface area contributed by atoms with Crippen LogP contribution in [0.4, 0.5) is 0 Å². The number of carbonyl (C=O) groups excluding carboxylic acids is 1. The summed E-state index contributed by atoms with van der Waals surface area (Å²) in [6.45, 7) is 0. The Morgan fingerprint density at radius 3 is 2.83 bits per heavy atom. The van der Waals surface area contributed by atoms with Crippen LogP contribution in [0, 0.1) is 0 Å². The second-order valence-electron chi connectivity index (χ2n) is 6.32. The zero-order chi connectivity index (χ0) is 20.2. The second-order valence-corrected chi connectivity index (χ2v) is 6.32. The van der Waals surface area contributed by atoms with E-state index in [1.165, 1.54) is 12.3 Å². The lowest BCUT2D eigenvalue weighted by molar-refractivity contribution is 0.0950. The molecule has 1 amide bonds. The fraction of sp³-hybridized carbons (Fsp3) is 0.0455. The summed E-state index contributed by atoms with van der Waals surface area (Å²) < 4.78 is 5.50. The van der Waals surface area contributed by atoms with Gasteiger partial charge in [-0.1, -0.05) is 42.5 Å². The van der Waals surface area contributed by atoms with Crippen LogP contribution in [0.3, 0.4) is 0 Å². The van der Waals surface area contributed by atoms with Gasteiger partial charge in [0.25, 0.3) is 5.91 Å². The van der Waals surface area contributed by atoms with Crippen LogP contribution in [0.2, 0.25) is 0 Å². The molecule has 7 nitrogen and oxygen atoms in total. The number of nitrogens with one attached hydrogen (secondary N) is 2. The number of benzene rings is 3. The summed E-state index contributed by atoms with van der Waals surface area (Å²) in [7, 11) is 1.60. The Morgan fingerprint density at radius 2 is 2.00 bits per heavy atom. The number of amides is 1. The molecule has 3 aromatic carbocycles. The van der Waals surface area contributed by atoms with Crippen molar-refractivity contribution in [2.45, 2.75) is 0 Å². The SMILES string of the molecule is COc1ccc2ccccc2c1-c1cc(C(=O)NN=Cc2cccc(O)c2)[nH]n1. The van der Waals surface area contributed by atoms with Crippen molar-refractivity contribution in [3.63, 3.8) is 0 Å². The summed E-state index contributed by atoms with van der Waals surface area (Å²) in [4.78, 5) is 12.4. The molecule has 3 N–H and O–H groups in total. The topological polar surface area (TPSA) is 99.6 Å². The van der Waals surface area contributed by atoms with Crippen molar-refractivity contribution in [3.8, 4) is 22.8 Å². The van der Waals surface area contributed by atoms with Gasteiger partial charge < -0.3 is 9.84 Å². The van der Waals surface area contributed by atoms with Gasteiger partial charge in [-0.2, -0.15) is 10.2 Å². The molecule has 4 rings (SSSR count). The minimum atomic E-state index is -0.431. The van der Waals surface area contributed by atoms with Gasteiger partial charge in [0.05, 0.1) is 24.6 Å². The minimum Gasteiger partial charge on any atom is -0.508 e. The number of hydrazone groups is 1. The number of phenols is 1. The Balaban J connectivity index is 1.59. The Bertz CT molecular complexity index is 1210. The Hall–Kier alpha value is -4.13. The van der Waals surface area contributed by atoms with Crippen molar-refractivity contribution in [2.24, 2.45) is 5.10 Å². The van der Waals surface area contributed by atoms with Crippen LogP contribution in [0.5, 0.6) is 11.5 Å². The molecule has 0 aliphatic heterocycles. The lowest BCUT2D eigenvalue weighted by Gasteiger charge is -2.09. The lowest BCUT2D eigenvalue weighted by Crippen LogP contribution is -2.17. The first kappa shape index (κ1) is 18.2. The van der Waals surface area contributed by atoms with Crippen molar-refractivity contribution >= 4 is 22.9 Å². The number of hydrogen-bond acceptors (Lipinski definition) is 5. The number of nitrogens with zero attached hydrogens (tertiary/aromatic N) is 2. The number of hydrogen-bond donors (Lipinski definition) is 3. The van der Waals surface area contributed by atoms with Crippen molar-refractivity contribution in [1.29, 1.82) is 0 Å². The Morgan fingerprint density at radius 1 is 1.14 bits per heavy atom. The van der Waals surface area contributed by atoms with Crippen molar-refractivity contribution in [3.05, 3.63) is 78.0 Å². The van der Waals surface area contributed by atoms with Gasteiger partial charge >= 0.3 is 0 Å². The van der Waals surface area contributed by atoms with E-state index in [1.807, 2.05) is 36.4 Å². The summed E-state index contributed by atoms with van der Waals surface area (Å²) in [5.41, 5.74) is 4.78. The number of aromatic nitrogens is 2. The number of ether oxygens (including phenoxy) is 1. The molecular formula is C22H18N4O3. The van der Waals surface area contributed by atoms with E-state index in [1.54, 1.807) is 31.4 Å². The van der Waals surface area contributed by atoms with Gasteiger partial charge in [-0.25, -0.2) is 5.43 Å². The van der Waals surface area contributed by atoms with Crippen LogP contribution in [-0.4, -0.2) is 34.5 Å². The van der Waals surface area contributed by atoms with Gasteiger partial charge in [0.15, 0.2) is 0 Å². The zero-order valence-electron chi connectivity index (χ0n) is 15.6. The van der Waals surface area contributed by atoms with Gasteiger partial charge in [0, 0.05) is 0 Å². The van der Waals surface area contributed by atoms with E-state index < -0.39 is 5.91 Å². The first-order valence-electron chi connectivity index (χ1n) is 8.89. The van der Waals surface area contributed by atoms with Crippen molar-refractivity contribution in [1.82, 2.24) is 15.6 Å². The third-order valence-corrected chi connectivity index (χ3v) is 4.44. The van der Waals surface area contributed by atoms with Gasteiger partial charge in [-0.05, 0) is 40.6 Å². The maximum atomic E-state index is 12.4. The highest BCUT2D eigenvalue weighted by Crippen LogP contribution is 2.36.